The third kappa shape index (κ3) is 12.4. The van der Waals surface area contributed by atoms with Gasteiger partial charge < -0.3 is 24.6 Å². The number of likely N-dealkylation sites (N-methyl/N-ethyl adjacent to an activating group) is 1. The predicted molar refractivity (Wildman–Crippen MR) is 138 cm³/mol. The van der Waals surface area contributed by atoms with Gasteiger partial charge >= 0.3 is 0 Å². The highest BCUT2D eigenvalue weighted by molar-refractivity contribution is 5.72. The van der Waals surface area contributed by atoms with Crippen LogP contribution in [0.25, 0.3) is 11.0 Å². The van der Waals surface area contributed by atoms with Crippen LogP contribution in [0.15, 0.2) is 54.6 Å². The van der Waals surface area contributed by atoms with Gasteiger partial charge in [-0.25, -0.2) is 0 Å². The smallest absolute Gasteiger partial charge is 0.137 e. The van der Waals surface area contributed by atoms with Crippen LogP contribution in [0.1, 0.15) is 71.1 Å². The van der Waals surface area contributed by atoms with E-state index in [0.29, 0.717) is 0 Å². The molecule has 0 radical (unpaired) electrons. The second-order valence-corrected chi connectivity index (χ2v) is 9.50. The molecular weight excluding hydrogens is 408 g/mol. The number of quaternary nitrogens is 1. The standard InChI is InChI=1S/C22H40NO.C6H4N3/c1-4-5-6-7-8-9-10-11-12-16-19-23(2,3)20-21-24-22-17-14-13-15-18-22;1-2-4-6-5(3-1)7-9-8-6/h13-15,17-18H,4-12,16,19-21H2,1-3H3;1-4H/q+1;-1. The van der Waals surface area contributed by atoms with Crippen LogP contribution >= 0.6 is 0 Å². The molecule has 2 aromatic carbocycles. The summed E-state index contributed by atoms with van der Waals surface area (Å²) in [6, 6.07) is 17.7. The van der Waals surface area contributed by atoms with Crippen LogP contribution in [0, 0.1) is 0 Å². The summed E-state index contributed by atoms with van der Waals surface area (Å²) in [5.41, 5.74) is 1.72. The molecule has 0 aliphatic rings. The van der Waals surface area contributed by atoms with Gasteiger partial charge in [0.1, 0.15) is 18.9 Å². The number of benzene rings is 2. The lowest BCUT2D eigenvalue weighted by Crippen LogP contribution is -2.43. The molecule has 0 saturated heterocycles. The Morgan fingerprint density at radius 1 is 0.667 bits per heavy atom. The van der Waals surface area contributed by atoms with E-state index in [1.807, 2.05) is 54.6 Å². The zero-order chi connectivity index (χ0) is 23.6. The summed E-state index contributed by atoms with van der Waals surface area (Å²) < 4.78 is 6.89. The summed E-state index contributed by atoms with van der Waals surface area (Å²) in [6.07, 6.45) is 14.1. The Balaban J connectivity index is 0.000000349. The Labute approximate surface area is 201 Å². The minimum Gasteiger partial charge on any atom is -0.492 e. The molecule has 0 aliphatic heterocycles. The van der Waals surface area contributed by atoms with Crippen LogP contribution in [-0.4, -0.2) is 48.5 Å². The van der Waals surface area contributed by atoms with E-state index >= 15 is 0 Å². The minimum absolute atomic E-state index is 0.800. The maximum absolute atomic E-state index is 5.83. The monoisotopic (exact) mass is 452 g/mol. The predicted octanol–water partition coefficient (Wildman–Crippen LogP) is 6.65. The molecule has 5 nitrogen and oxygen atoms in total. The van der Waals surface area contributed by atoms with E-state index < -0.39 is 0 Å². The largest absolute Gasteiger partial charge is 0.492 e. The molecule has 0 bridgehead atoms. The molecule has 0 atom stereocenters. The normalized spacial score (nSPS) is 11.2. The second-order valence-electron chi connectivity index (χ2n) is 9.50. The average molecular weight is 453 g/mol. The van der Waals surface area contributed by atoms with Gasteiger partial charge in [-0.3, -0.25) is 0 Å². The van der Waals surface area contributed by atoms with Crippen LogP contribution < -0.4 is 9.95 Å². The summed E-state index contributed by atoms with van der Waals surface area (Å²) >= 11 is 0. The number of ether oxygens (including phenoxy) is 1. The third-order valence-electron chi connectivity index (χ3n) is 6.01. The molecule has 0 saturated carbocycles. The van der Waals surface area contributed by atoms with E-state index in [1.54, 1.807) is 0 Å². The number of rotatable bonds is 15. The fourth-order valence-electron chi connectivity index (χ4n) is 3.82. The van der Waals surface area contributed by atoms with Crippen molar-refractivity contribution in [3.63, 3.8) is 0 Å². The van der Waals surface area contributed by atoms with E-state index in [1.165, 1.54) is 70.8 Å². The van der Waals surface area contributed by atoms with Gasteiger partial charge in [0.05, 0.1) is 31.7 Å². The summed E-state index contributed by atoms with van der Waals surface area (Å²) in [4.78, 5) is 0. The van der Waals surface area contributed by atoms with Crippen molar-refractivity contribution in [3.8, 4) is 5.75 Å². The highest BCUT2D eigenvalue weighted by Crippen LogP contribution is 2.12. The van der Waals surface area contributed by atoms with Crippen molar-refractivity contribution in [2.75, 3.05) is 33.8 Å². The van der Waals surface area contributed by atoms with Crippen LogP contribution in [0.2, 0.25) is 0 Å². The fraction of sp³-hybridized carbons (Fsp3) is 0.571. The topological polar surface area (TPSA) is 49.1 Å². The minimum atomic E-state index is 0.800. The number of fused-ring (bicyclic) bond motifs is 1. The molecule has 0 aliphatic carbocycles. The first-order valence-corrected chi connectivity index (χ1v) is 12.8. The van der Waals surface area contributed by atoms with E-state index in [-0.39, 0.29) is 0 Å². The van der Waals surface area contributed by atoms with Crippen molar-refractivity contribution < 1.29 is 9.22 Å². The van der Waals surface area contributed by atoms with Crippen LogP contribution in [0.4, 0.5) is 0 Å². The second kappa shape index (κ2) is 16.2. The Morgan fingerprint density at radius 2 is 1.18 bits per heavy atom. The van der Waals surface area contributed by atoms with Gasteiger partial charge in [-0.2, -0.15) is 0 Å². The number of unbranched alkanes of at least 4 members (excludes halogenated alkanes) is 9. The van der Waals surface area contributed by atoms with E-state index in [9.17, 15) is 0 Å². The number of aromatic nitrogens is 3. The molecule has 1 aromatic heterocycles. The maximum atomic E-state index is 5.83. The Bertz CT molecular complexity index is 817. The van der Waals surface area contributed by atoms with Gasteiger partial charge in [0.25, 0.3) is 0 Å². The molecule has 33 heavy (non-hydrogen) atoms. The quantitative estimate of drug-likeness (QED) is 0.191. The SMILES string of the molecule is CCCCCCCCCCCC[N+](C)(C)CCOc1ccccc1.c1ccc2n[n-]nc2c1. The number of hydrogen-bond donors (Lipinski definition) is 0. The molecule has 0 fully saturated rings. The van der Waals surface area contributed by atoms with Gasteiger partial charge in [0.15, 0.2) is 0 Å². The van der Waals surface area contributed by atoms with Crippen molar-refractivity contribution in [2.24, 2.45) is 0 Å². The molecular formula is C28H44N4O. The van der Waals surface area contributed by atoms with Gasteiger partial charge in [0.2, 0.25) is 0 Å². The van der Waals surface area contributed by atoms with Gasteiger partial charge in [-0.1, -0.05) is 88.6 Å². The zero-order valence-corrected chi connectivity index (χ0v) is 21.1. The van der Waals surface area contributed by atoms with E-state index in [0.717, 1.165) is 34.4 Å². The van der Waals surface area contributed by atoms with Crippen LogP contribution in [-0.2, 0) is 0 Å². The first kappa shape index (κ1) is 26.8. The van der Waals surface area contributed by atoms with E-state index in [4.69, 9.17) is 4.74 Å². The molecule has 182 valence electrons. The molecule has 5 heteroatoms. The summed E-state index contributed by atoms with van der Waals surface area (Å²) in [5.74, 6) is 0.983. The lowest BCUT2D eigenvalue weighted by molar-refractivity contribution is -0.890. The van der Waals surface area contributed by atoms with Crippen molar-refractivity contribution in [1.82, 2.24) is 15.4 Å². The Kier molecular flexibility index (Phi) is 13.2. The molecule has 1 heterocycles. The molecule has 0 amide bonds. The number of nitrogens with zero attached hydrogens (tertiary/aromatic N) is 4. The maximum Gasteiger partial charge on any atom is 0.137 e. The zero-order valence-electron chi connectivity index (χ0n) is 21.1. The van der Waals surface area contributed by atoms with Gasteiger partial charge in [-0.15, -0.1) is 0 Å². The lowest BCUT2D eigenvalue weighted by atomic mass is 10.1. The highest BCUT2D eigenvalue weighted by atomic mass is 16.5. The lowest BCUT2D eigenvalue weighted by Gasteiger charge is -2.29. The first-order valence-electron chi connectivity index (χ1n) is 12.8. The number of hydrogen-bond acceptors (Lipinski definition) is 3. The Morgan fingerprint density at radius 3 is 1.76 bits per heavy atom. The van der Waals surface area contributed by atoms with Crippen LogP contribution in [0.3, 0.4) is 0 Å². The summed E-state index contributed by atoms with van der Waals surface area (Å²) in [7, 11) is 4.64. The summed E-state index contributed by atoms with van der Waals surface area (Å²) in [5, 5.41) is 11.0. The van der Waals surface area contributed by atoms with E-state index in [2.05, 4.69) is 36.4 Å². The number of para-hydroxylation sites is 1. The van der Waals surface area contributed by atoms with Crippen molar-refractivity contribution in [3.05, 3.63) is 54.6 Å². The Hall–Kier alpha value is -2.40. The molecule has 3 rings (SSSR count). The molecule has 0 unspecified atom stereocenters. The first-order chi connectivity index (χ1) is 16.1. The highest BCUT2D eigenvalue weighted by Gasteiger charge is 2.14. The molecule has 3 aromatic rings. The van der Waals surface area contributed by atoms with Gasteiger partial charge in [0, 0.05) is 0 Å². The average Bonchev–Trinajstić information content (AvgIpc) is 3.30. The summed E-state index contributed by atoms with van der Waals surface area (Å²) in [6.45, 7) is 5.42. The molecule has 0 N–H and O–H groups in total. The van der Waals surface area contributed by atoms with Crippen molar-refractivity contribution >= 4 is 11.0 Å². The van der Waals surface area contributed by atoms with Gasteiger partial charge in [-0.05, 0) is 37.1 Å². The van der Waals surface area contributed by atoms with Crippen molar-refractivity contribution in [1.29, 1.82) is 0 Å². The third-order valence-corrected chi connectivity index (χ3v) is 6.01. The fourth-order valence-corrected chi connectivity index (χ4v) is 3.82. The van der Waals surface area contributed by atoms with Crippen LogP contribution in [0.5, 0.6) is 5.75 Å². The molecule has 0 spiro atoms. The van der Waals surface area contributed by atoms with Crippen molar-refractivity contribution in [2.45, 2.75) is 71.1 Å².